The van der Waals surface area contributed by atoms with Gasteiger partial charge in [0.05, 0.1) is 11.2 Å². The maximum Gasteiger partial charge on any atom is 0.326 e. The Labute approximate surface area is 95.9 Å². The van der Waals surface area contributed by atoms with E-state index in [2.05, 4.69) is 10.3 Å². The van der Waals surface area contributed by atoms with Crippen LogP contribution in [0.15, 0.2) is 6.20 Å². The van der Waals surface area contributed by atoms with Crippen LogP contribution in [0.4, 0.5) is 0 Å². The number of amides is 1. The summed E-state index contributed by atoms with van der Waals surface area (Å²) in [5.41, 5.74) is 0. The van der Waals surface area contributed by atoms with Gasteiger partial charge in [0.15, 0.2) is 0 Å². The minimum Gasteiger partial charge on any atom is -0.480 e. The topological polar surface area (TPSA) is 99.5 Å². The molecule has 1 heterocycles. The number of carbonyl (C=O) groups is 2. The van der Waals surface area contributed by atoms with E-state index in [0.29, 0.717) is 4.88 Å². The van der Waals surface area contributed by atoms with Crippen LogP contribution in [0.3, 0.4) is 0 Å². The highest BCUT2D eigenvalue weighted by Crippen LogP contribution is 2.11. The van der Waals surface area contributed by atoms with Crippen LogP contribution in [0.5, 0.6) is 0 Å². The number of nitrogens with one attached hydrogen (secondary N) is 1. The SMILES string of the molecule is Cc1ncc(C(=O)N[C@H](CCO)C(=O)O)s1. The fraction of sp³-hybridized carbons (Fsp3) is 0.444. The Morgan fingerprint density at radius 2 is 2.31 bits per heavy atom. The molecule has 0 aliphatic rings. The molecule has 1 aromatic rings. The predicted molar refractivity (Wildman–Crippen MR) is 57.4 cm³/mol. The van der Waals surface area contributed by atoms with Crippen molar-refractivity contribution in [3.63, 3.8) is 0 Å². The van der Waals surface area contributed by atoms with E-state index in [1.165, 1.54) is 17.5 Å². The van der Waals surface area contributed by atoms with Crippen LogP contribution in [-0.2, 0) is 4.79 Å². The summed E-state index contributed by atoms with van der Waals surface area (Å²) in [7, 11) is 0. The van der Waals surface area contributed by atoms with Crippen LogP contribution in [0, 0.1) is 6.92 Å². The lowest BCUT2D eigenvalue weighted by atomic mass is 10.2. The highest BCUT2D eigenvalue weighted by molar-refractivity contribution is 7.13. The number of thiazole rings is 1. The number of carbonyl (C=O) groups excluding carboxylic acids is 1. The van der Waals surface area contributed by atoms with Gasteiger partial charge in [-0.25, -0.2) is 9.78 Å². The molecular formula is C9H12N2O4S. The Balaban J connectivity index is 2.65. The van der Waals surface area contributed by atoms with Gasteiger partial charge in [0.25, 0.3) is 5.91 Å². The number of carboxylic acids is 1. The Kier molecular flexibility index (Phi) is 4.39. The lowest BCUT2D eigenvalue weighted by Crippen LogP contribution is -2.41. The van der Waals surface area contributed by atoms with Gasteiger partial charge in [0.1, 0.15) is 10.9 Å². The van der Waals surface area contributed by atoms with Crippen LogP contribution in [-0.4, -0.2) is 39.7 Å². The summed E-state index contributed by atoms with van der Waals surface area (Å²) in [6.07, 6.45) is 1.38. The van der Waals surface area contributed by atoms with Crippen molar-refractivity contribution < 1.29 is 19.8 Å². The highest BCUT2D eigenvalue weighted by atomic mass is 32.1. The number of aliphatic hydroxyl groups excluding tert-OH is 1. The lowest BCUT2D eigenvalue weighted by molar-refractivity contribution is -0.139. The van der Waals surface area contributed by atoms with Crippen LogP contribution in [0.25, 0.3) is 0 Å². The zero-order valence-electron chi connectivity index (χ0n) is 8.64. The first-order valence-corrected chi connectivity index (χ1v) is 5.43. The van der Waals surface area contributed by atoms with Gasteiger partial charge in [0, 0.05) is 13.0 Å². The lowest BCUT2D eigenvalue weighted by Gasteiger charge is -2.11. The van der Waals surface area contributed by atoms with E-state index in [1.807, 2.05) is 0 Å². The molecular weight excluding hydrogens is 232 g/mol. The van der Waals surface area contributed by atoms with Gasteiger partial charge in [-0.05, 0) is 6.92 Å². The molecule has 1 aromatic heterocycles. The van der Waals surface area contributed by atoms with Gasteiger partial charge in [-0.3, -0.25) is 4.79 Å². The van der Waals surface area contributed by atoms with E-state index in [-0.39, 0.29) is 13.0 Å². The summed E-state index contributed by atoms with van der Waals surface area (Å²) in [6.45, 7) is 1.46. The van der Waals surface area contributed by atoms with Crippen molar-refractivity contribution in [3.8, 4) is 0 Å². The normalized spacial score (nSPS) is 12.1. The van der Waals surface area contributed by atoms with E-state index >= 15 is 0 Å². The van der Waals surface area contributed by atoms with Crippen molar-refractivity contribution in [2.75, 3.05) is 6.61 Å². The average molecular weight is 244 g/mol. The van der Waals surface area contributed by atoms with E-state index < -0.39 is 17.9 Å². The number of hydrogen-bond donors (Lipinski definition) is 3. The van der Waals surface area contributed by atoms with Crippen molar-refractivity contribution in [3.05, 3.63) is 16.1 Å². The van der Waals surface area contributed by atoms with Crippen molar-refractivity contribution >= 4 is 23.2 Å². The molecule has 0 spiro atoms. The Morgan fingerprint density at radius 3 is 2.75 bits per heavy atom. The molecule has 0 aromatic carbocycles. The molecule has 3 N–H and O–H groups in total. The molecule has 7 heteroatoms. The van der Waals surface area contributed by atoms with Gasteiger partial charge in [0.2, 0.25) is 0 Å². The fourth-order valence-electron chi connectivity index (χ4n) is 1.08. The quantitative estimate of drug-likeness (QED) is 0.678. The number of rotatable bonds is 5. The number of carboxylic acid groups (broad SMARTS) is 1. The molecule has 1 rings (SSSR count). The standard InChI is InChI=1S/C9H12N2O4S/c1-5-10-4-7(16-5)8(13)11-6(2-3-12)9(14)15/h4,6,12H,2-3H2,1H3,(H,11,13)(H,14,15)/t6-/m1/s1. The molecule has 0 aliphatic carbocycles. The highest BCUT2D eigenvalue weighted by Gasteiger charge is 2.20. The fourth-order valence-corrected chi connectivity index (χ4v) is 1.76. The largest absolute Gasteiger partial charge is 0.480 e. The average Bonchev–Trinajstić information content (AvgIpc) is 2.64. The number of aromatic nitrogens is 1. The van der Waals surface area contributed by atoms with Crippen LogP contribution < -0.4 is 5.32 Å². The molecule has 1 atom stereocenters. The molecule has 0 bridgehead atoms. The van der Waals surface area contributed by atoms with E-state index in [0.717, 1.165) is 5.01 Å². The minimum atomic E-state index is -1.16. The first kappa shape index (κ1) is 12.6. The molecule has 1 amide bonds. The van der Waals surface area contributed by atoms with E-state index in [1.54, 1.807) is 6.92 Å². The molecule has 0 saturated heterocycles. The number of aliphatic hydroxyl groups is 1. The van der Waals surface area contributed by atoms with Crippen LogP contribution in [0.1, 0.15) is 21.1 Å². The van der Waals surface area contributed by atoms with Crippen molar-refractivity contribution in [2.45, 2.75) is 19.4 Å². The molecule has 0 unspecified atom stereocenters. The smallest absolute Gasteiger partial charge is 0.326 e. The second-order valence-corrected chi connectivity index (χ2v) is 4.35. The zero-order chi connectivity index (χ0) is 12.1. The molecule has 88 valence electrons. The van der Waals surface area contributed by atoms with E-state index in [4.69, 9.17) is 10.2 Å². The summed E-state index contributed by atoms with van der Waals surface area (Å²) >= 11 is 1.19. The summed E-state index contributed by atoms with van der Waals surface area (Å²) in [4.78, 5) is 26.5. The Morgan fingerprint density at radius 1 is 1.62 bits per heavy atom. The van der Waals surface area contributed by atoms with Gasteiger partial charge in [-0.2, -0.15) is 0 Å². The third kappa shape index (κ3) is 3.28. The monoisotopic (exact) mass is 244 g/mol. The number of aliphatic carboxylic acids is 1. The second kappa shape index (κ2) is 5.57. The van der Waals surface area contributed by atoms with Crippen LogP contribution in [0.2, 0.25) is 0 Å². The summed E-state index contributed by atoms with van der Waals surface area (Å²) in [5, 5.41) is 20.5. The van der Waals surface area contributed by atoms with Crippen molar-refractivity contribution in [1.29, 1.82) is 0 Å². The maximum atomic E-state index is 11.6. The Bertz CT molecular complexity index is 391. The van der Waals surface area contributed by atoms with E-state index in [9.17, 15) is 9.59 Å². The van der Waals surface area contributed by atoms with Crippen LogP contribution >= 0.6 is 11.3 Å². The minimum absolute atomic E-state index is 0.0150. The zero-order valence-corrected chi connectivity index (χ0v) is 9.45. The first-order chi connectivity index (χ1) is 7.54. The number of nitrogens with zero attached hydrogens (tertiary/aromatic N) is 1. The third-order valence-electron chi connectivity index (χ3n) is 1.87. The molecule has 0 aliphatic heterocycles. The Hall–Kier alpha value is -1.47. The summed E-state index contributed by atoms with van der Waals surface area (Å²) in [6, 6.07) is -1.07. The predicted octanol–water partition coefficient (Wildman–Crippen LogP) is 0.0169. The first-order valence-electron chi connectivity index (χ1n) is 4.61. The van der Waals surface area contributed by atoms with Crippen molar-refractivity contribution in [1.82, 2.24) is 10.3 Å². The molecule has 0 saturated carbocycles. The van der Waals surface area contributed by atoms with Crippen molar-refractivity contribution in [2.24, 2.45) is 0 Å². The molecule has 16 heavy (non-hydrogen) atoms. The summed E-state index contributed by atoms with van der Waals surface area (Å²) < 4.78 is 0. The maximum absolute atomic E-state index is 11.6. The summed E-state index contributed by atoms with van der Waals surface area (Å²) in [5.74, 6) is -1.64. The number of hydrogen-bond acceptors (Lipinski definition) is 5. The third-order valence-corrected chi connectivity index (χ3v) is 2.78. The molecule has 6 nitrogen and oxygen atoms in total. The van der Waals surface area contributed by atoms with Gasteiger partial charge < -0.3 is 15.5 Å². The molecule has 0 fully saturated rings. The van der Waals surface area contributed by atoms with Gasteiger partial charge >= 0.3 is 5.97 Å². The van der Waals surface area contributed by atoms with Gasteiger partial charge in [-0.1, -0.05) is 0 Å². The van der Waals surface area contributed by atoms with Gasteiger partial charge in [-0.15, -0.1) is 11.3 Å². The second-order valence-electron chi connectivity index (χ2n) is 3.12. The molecule has 0 radical (unpaired) electrons. The number of aryl methyl sites for hydroxylation is 1.